The Morgan fingerprint density at radius 2 is 1.61 bits per heavy atom. The van der Waals surface area contributed by atoms with Crippen LogP contribution in [0.1, 0.15) is 12.0 Å². The molecule has 0 unspecified atom stereocenters. The number of hydrogen-bond donors (Lipinski definition) is 1. The monoisotopic (exact) mass is 267 g/mol. The van der Waals surface area contributed by atoms with Crippen molar-refractivity contribution in [2.45, 2.75) is 12.5 Å². The molecule has 0 saturated heterocycles. The molecule has 5 heteroatoms. The summed E-state index contributed by atoms with van der Waals surface area (Å²) in [6.07, 6.45) is 5.00. The Hall–Kier alpha value is -1.14. The topological polar surface area (TPSA) is 53.7 Å². The van der Waals surface area contributed by atoms with Crippen LogP contribution in [0.15, 0.2) is 30.3 Å². The first-order valence-corrected chi connectivity index (χ1v) is 7.76. The maximum atomic E-state index is 5.62. The van der Waals surface area contributed by atoms with Gasteiger partial charge in [0.15, 0.2) is 0 Å². The number of benzene rings is 1. The molecule has 0 heterocycles. The largest absolute Gasteiger partial charge is 0.500 e. The molecule has 4 nitrogen and oxygen atoms in total. The van der Waals surface area contributed by atoms with Gasteiger partial charge < -0.3 is 19.0 Å². The highest BCUT2D eigenvalue weighted by atomic mass is 28.4. The van der Waals surface area contributed by atoms with Gasteiger partial charge in [-0.3, -0.25) is 0 Å². The van der Waals surface area contributed by atoms with Gasteiger partial charge in [-0.2, -0.15) is 0 Å². The van der Waals surface area contributed by atoms with E-state index in [1.165, 1.54) is 0 Å². The van der Waals surface area contributed by atoms with Crippen molar-refractivity contribution in [1.29, 1.82) is 0 Å². The number of hydrogen-bond acceptors (Lipinski definition) is 4. The zero-order valence-electron chi connectivity index (χ0n) is 11.2. The first kappa shape index (κ1) is 14.9. The first-order chi connectivity index (χ1) is 8.65. The van der Waals surface area contributed by atoms with Gasteiger partial charge in [0.1, 0.15) is 0 Å². The Morgan fingerprint density at radius 3 is 2.11 bits per heavy atom. The summed E-state index contributed by atoms with van der Waals surface area (Å²) in [7, 11) is 2.45. The third-order valence-electron chi connectivity index (χ3n) is 2.80. The van der Waals surface area contributed by atoms with Crippen molar-refractivity contribution in [1.82, 2.24) is 0 Å². The summed E-state index contributed by atoms with van der Waals surface area (Å²) >= 11 is 0. The molecule has 0 radical (unpaired) electrons. The lowest BCUT2D eigenvalue weighted by molar-refractivity contribution is 0.124. The number of anilines is 1. The van der Waals surface area contributed by atoms with E-state index in [1.54, 1.807) is 21.3 Å². The van der Waals surface area contributed by atoms with Crippen LogP contribution in [0.2, 0.25) is 6.04 Å². The maximum absolute atomic E-state index is 5.62. The van der Waals surface area contributed by atoms with Crippen molar-refractivity contribution in [3.05, 3.63) is 35.9 Å². The van der Waals surface area contributed by atoms with Crippen LogP contribution in [-0.2, 0) is 13.3 Å². The molecule has 100 valence electrons. The standard InChI is InChI=1S/C13H21NO3Si/c1-15-18(16-2,17-3)11-5-4-6-12-7-9-13(14)10-8-12/h4,6-10H,5,11,14H2,1-3H3. The van der Waals surface area contributed by atoms with E-state index in [9.17, 15) is 0 Å². The quantitative estimate of drug-likeness (QED) is 0.609. The van der Waals surface area contributed by atoms with E-state index in [-0.39, 0.29) is 0 Å². The van der Waals surface area contributed by atoms with E-state index in [1.807, 2.05) is 24.3 Å². The molecular weight excluding hydrogens is 246 g/mol. The molecule has 0 fully saturated rings. The fourth-order valence-electron chi connectivity index (χ4n) is 1.64. The second-order valence-electron chi connectivity index (χ2n) is 3.90. The van der Waals surface area contributed by atoms with Crippen LogP contribution in [0.3, 0.4) is 0 Å². The van der Waals surface area contributed by atoms with Gasteiger partial charge >= 0.3 is 8.80 Å². The average molecular weight is 267 g/mol. The van der Waals surface area contributed by atoms with E-state index >= 15 is 0 Å². The minimum absolute atomic E-state index is 0.766. The number of allylic oxidation sites excluding steroid dienone is 1. The summed E-state index contributed by atoms with van der Waals surface area (Å²) in [5.74, 6) is 0. The van der Waals surface area contributed by atoms with Crippen LogP contribution >= 0.6 is 0 Å². The van der Waals surface area contributed by atoms with Crippen molar-refractivity contribution < 1.29 is 13.3 Å². The Morgan fingerprint density at radius 1 is 1.06 bits per heavy atom. The molecule has 1 aromatic carbocycles. The summed E-state index contributed by atoms with van der Waals surface area (Å²) in [5.41, 5.74) is 7.53. The number of rotatable bonds is 7. The zero-order valence-corrected chi connectivity index (χ0v) is 12.2. The Bertz CT molecular complexity index is 366. The molecule has 18 heavy (non-hydrogen) atoms. The van der Waals surface area contributed by atoms with Crippen LogP contribution < -0.4 is 5.73 Å². The maximum Gasteiger partial charge on any atom is 0.500 e. The van der Waals surface area contributed by atoms with Crippen LogP contribution in [0, 0.1) is 0 Å². The smallest absolute Gasteiger partial charge is 0.399 e. The second-order valence-corrected chi connectivity index (χ2v) is 6.99. The van der Waals surface area contributed by atoms with Crippen LogP contribution in [0.4, 0.5) is 5.69 Å². The summed E-state index contributed by atoms with van der Waals surface area (Å²) in [6.45, 7) is 0. The first-order valence-electron chi connectivity index (χ1n) is 5.83. The van der Waals surface area contributed by atoms with Gasteiger partial charge in [-0.15, -0.1) is 0 Å². The van der Waals surface area contributed by atoms with Gasteiger partial charge in [0.25, 0.3) is 0 Å². The third kappa shape index (κ3) is 4.27. The van der Waals surface area contributed by atoms with E-state index in [0.717, 1.165) is 23.7 Å². The van der Waals surface area contributed by atoms with Crippen LogP contribution in [0.25, 0.3) is 6.08 Å². The molecule has 2 N–H and O–H groups in total. The van der Waals surface area contributed by atoms with Crippen molar-refractivity contribution in [3.8, 4) is 0 Å². The van der Waals surface area contributed by atoms with Crippen molar-refractivity contribution in [2.75, 3.05) is 27.1 Å². The normalized spacial score (nSPS) is 12.2. The van der Waals surface area contributed by atoms with E-state index in [2.05, 4.69) is 12.2 Å². The molecule has 0 aromatic heterocycles. The molecule has 0 aliphatic carbocycles. The predicted molar refractivity (Wildman–Crippen MR) is 76.1 cm³/mol. The molecule has 0 bridgehead atoms. The summed E-state index contributed by atoms with van der Waals surface area (Å²) in [4.78, 5) is 0. The Labute approximate surface area is 110 Å². The van der Waals surface area contributed by atoms with Gasteiger partial charge in [0.05, 0.1) is 0 Å². The molecule has 0 atom stereocenters. The molecule has 1 rings (SSSR count). The van der Waals surface area contributed by atoms with E-state index in [0.29, 0.717) is 0 Å². The zero-order chi connectivity index (χ0) is 13.4. The molecule has 0 aliphatic rings. The van der Waals surface area contributed by atoms with Crippen molar-refractivity contribution in [2.24, 2.45) is 0 Å². The minimum atomic E-state index is -2.44. The van der Waals surface area contributed by atoms with E-state index < -0.39 is 8.80 Å². The van der Waals surface area contributed by atoms with Gasteiger partial charge in [-0.25, -0.2) is 0 Å². The summed E-state index contributed by atoms with van der Waals surface area (Å²) < 4.78 is 16.0. The van der Waals surface area contributed by atoms with Gasteiger partial charge in [-0.1, -0.05) is 24.3 Å². The minimum Gasteiger partial charge on any atom is -0.399 e. The molecule has 0 amide bonds. The number of nitrogen functional groups attached to an aromatic ring is 1. The van der Waals surface area contributed by atoms with Gasteiger partial charge in [0, 0.05) is 33.1 Å². The molecule has 1 aromatic rings. The Balaban J connectivity index is 2.48. The lowest BCUT2D eigenvalue weighted by Gasteiger charge is -2.23. The molecule has 0 aliphatic heterocycles. The highest BCUT2D eigenvalue weighted by Crippen LogP contribution is 2.16. The van der Waals surface area contributed by atoms with Crippen molar-refractivity contribution in [3.63, 3.8) is 0 Å². The predicted octanol–water partition coefficient (Wildman–Crippen LogP) is 2.55. The molecular formula is C13H21NO3Si. The summed E-state index contributed by atoms with van der Waals surface area (Å²) in [6, 6.07) is 8.51. The fraction of sp³-hybridized carbons (Fsp3) is 0.385. The molecule has 0 spiro atoms. The third-order valence-corrected chi connectivity index (χ3v) is 5.56. The van der Waals surface area contributed by atoms with Crippen molar-refractivity contribution >= 4 is 20.6 Å². The molecule has 0 saturated carbocycles. The highest BCUT2D eigenvalue weighted by Gasteiger charge is 2.36. The number of nitrogens with two attached hydrogens (primary N) is 1. The Kier molecular flexibility index (Phi) is 6.07. The SMILES string of the molecule is CO[Si](CCC=Cc1ccc(N)cc1)(OC)OC. The summed E-state index contributed by atoms with van der Waals surface area (Å²) in [5, 5.41) is 0. The van der Waals surface area contributed by atoms with Gasteiger partial charge in [0.2, 0.25) is 0 Å². The lowest BCUT2D eigenvalue weighted by Crippen LogP contribution is -2.42. The van der Waals surface area contributed by atoms with Crippen LogP contribution in [-0.4, -0.2) is 30.1 Å². The highest BCUT2D eigenvalue weighted by molar-refractivity contribution is 6.60. The second kappa shape index (κ2) is 7.33. The fourth-order valence-corrected chi connectivity index (χ4v) is 3.28. The lowest BCUT2D eigenvalue weighted by atomic mass is 10.2. The van der Waals surface area contributed by atoms with E-state index in [4.69, 9.17) is 19.0 Å². The van der Waals surface area contributed by atoms with Crippen LogP contribution in [0.5, 0.6) is 0 Å². The van der Waals surface area contributed by atoms with Gasteiger partial charge in [-0.05, 0) is 24.1 Å². The average Bonchev–Trinajstić information content (AvgIpc) is 2.42.